The third kappa shape index (κ3) is 3.79. The van der Waals surface area contributed by atoms with Crippen molar-refractivity contribution in [1.29, 1.82) is 0 Å². The lowest BCUT2D eigenvalue weighted by Gasteiger charge is -2.29. The number of hydrogen-bond donors (Lipinski definition) is 2. The van der Waals surface area contributed by atoms with Crippen LogP contribution in [0.1, 0.15) is 52.9 Å². The highest BCUT2D eigenvalue weighted by Gasteiger charge is 2.48. The van der Waals surface area contributed by atoms with Gasteiger partial charge in [0, 0.05) is 17.5 Å². The number of carbonyl (C=O) groups is 1. The molecule has 1 aromatic carbocycles. The molecule has 32 heavy (non-hydrogen) atoms. The van der Waals surface area contributed by atoms with Crippen molar-refractivity contribution in [1.82, 2.24) is 19.5 Å². The zero-order valence-electron chi connectivity index (χ0n) is 18.6. The molecule has 8 heteroatoms. The van der Waals surface area contributed by atoms with Crippen molar-refractivity contribution >= 4 is 33.2 Å². The van der Waals surface area contributed by atoms with Crippen LogP contribution in [0.5, 0.6) is 0 Å². The highest BCUT2D eigenvalue weighted by molar-refractivity contribution is 9.10. The van der Waals surface area contributed by atoms with E-state index in [1.54, 1.807) is 0 Å². The third-order valence-corrected chi connectivity index (χ3v) is 7.53. The van der Waals surface area contributed by atoms with Crippen LogP contribution in [0.3, 0.4) is 0 Å². The van der Waals surface area contributed by atoms with Crippen LogP contribution in [-0.2, 0) is 5.41 Å². The quantitative estimate of drug-likeness (QED) is 0.542. The van der Waals surface area contributed by atoms with Crippen molar-refractivity contribution in [3.05, 3.63) is 57.4 Å². The number of nitrogens with zero attached hydrogens (tertiary/aromatic N) is 4. The number of nitrogens with one attached hydrogen (secondary N) is 1. The maximum atomic E-state index is 11.7. The molecule has 2 fully saturated rings. The molecule has 1 aliphatic heterocycles. The average Bonchev–Trinajstić information content (AvgIpc) is 3.46. The van der Waals surface area contributed by atoms with Crippen LogP contribution in [0.25, 0.3) is 5.65 Å². The van der Waals surface area contributed by atoms with Crippen LogP contribution < -0.4 is 11.1 Å². The summed E-state index contributed by atoms with van der Waals surface area (Å²) in [4.78, 5) is 18.8. The highest BCUT2D eigenvalue weighted by atomic mass is 79.9. The molecule has 0 unspecified atom stereocenters. The first kappa shape index (κ1) is 21.4. The van der Waals surface area contributed by atoms with E-state index in [2.05, 4.69) is 39.3 Å². The van der Waals surface area contributed by atoms with Crippen molar-refractivity contribution in [3.8, 4) is 0 Å². The summed E-state index contributed by atoms with van der Waals surface area (Å²) < 4.78 is 2.76. The molecule has 1 saturated heterocycles. The van der Waals surface area contributed by atoms with Gasteiger partial charge in [0.15, 0.2) is 5.65 Å². The number of anilines is 1. The molecular formula is C24H29BrN6O. The number of amides is 1. The van der Waals surface area contributed by atoms with E-state index >= 15 is 0 Å². The van der Waals surface area contributed by atoms with E-state index in [0.717, 1.165) is 59.7 Å². The number of carbonyl (C=O) groups excluding carboxylic acids is 1. The van der Waals surface area contributed by atoms with Gasteiger partial charge < -0.3 is 16.0 Å². The summed E-state index contributed by atoms with van der Waals surface area (Å²) in [6, 6.07) is 7.97. The number of piperidine rings is 1. The zero-order valence-corrected chi connectivity index (χ0v) is 20.2. The molecule has 2 aliphatic rings. The number of benzene rings is 1. The number of halogens is 1. The van der Waals surface area contributed by atoms with Crippen molar-refractivity contribution < 1.29 is 4.79 Å². The van der Waals surface area contributed by atoms with Crippen LogP contribution in [0, 0.1) is 12.8 Å². The van der Waals surface area contributed by atoms with E-state index in [-0.39, 0.29) is 11.3 Å². The second-order valence-electron chi connectivity index (χ2n) is 9.36. The number of aromatic nitrogens is 3. The summed E-state index contributed by atoms with van der Waals surface area (Å²) in [6.07, 6.45) is 6.45. The van der Waals surface area contributed by atoms with Crippen molar-refractivity contribution in [2.24, 2.45) is 11.7 Å². The molecule has 0 radical (unpaired) electrons. The topological polar surface area (TPSA) is 88.6 Å². The first-order chi connectivity index (χ1) is 15.4. The van der Waals surface area contributed by atoms with E-state index in [4.69, 9.17) is 15.8 Å². The largest absolute Gasteiger partial charge is 0.382 e. The molecule has 168 valence electrons. The molecule has 1 aliphatic carbocycles. The Hall–Kier alpha value is -2.45. The standard InChI is InChI=1S/C24H29BrN6O/c1-15-11-17(3-4-18(15)22(26)32)24(7-8-24)20-14-28-23-19(12-21(25)29-31(20)23)27-13-16-5-9-30(2)10-6-16/h3-4,11-12,14,16,27H,5-10,13H2,1-2H3,(H2,26,32). The number of fused-ring (bicyclic) bond motifs is 1. The maximum Gasteiger partial charge on any atom is 0.248 e. The van der Waals surface area contributed by atoms with E-state index < -0.39 is 0 Å². The smallest absolute Gasteiger partial charge is 0.248 e. The van der Waals surface area contributed by atoms with Crippen LogP contribution in [0.2, 0.25) is 0 Å². The first-order valence-corrected chi connectivity index (χ1v) is 12.0. The predicted octanol–water partition coefficient (Wildman–Crippen LogP) is 3.73. The van der Waals surface area contributed by atoms with E-state index in [9.17, 15) is 4.79 Å². The Morgan fingerprint density at radius 2 is 2.03 bits per heavy atom. The van der Waals surface area contributed by atoms with Crippen molar-refractivity contribution in [2.75, 3.05) is 32.0 Å². The highest BCUT2D eigenvalue weighted by Crippen LogP contribution is 2.53. The summed E-state index contributed by atoms with van der Waals surface area (Å²) in [5, 5.41) is 8.39. The number of primary amides is 1. The minimum absolute atomic E-state index is 0.126. The van der Waals surface area contributed by atoms with Crippen molar-refractivity contribution in [3.63, 3.8) is 0 Å². The molecule has 1 saturated carbocycles. The Bertz CT molecular complexity index is 1180. The van der Waals surface area contributed by atoms with Crippen LogP contribution >= 0.6 is 15.9 Å². The monoisotopic (exact) mass is 496 g/mol. The van der Waals surface area contributed by atoms with Crippen LogP contribution in [0.4, 0.5) is 5.69 Å². The van der Waals surface area contributed by atoms with Gasteiger partial charge in [-0.2, -0.15) is 5.10 Å². The van der Waals surface area contributed by atoms with Crippen LogP contribution in [0.15, 0.2) is 35.1 Å². The van der Waals surface area contributed by atoms with Gasteiger partial charge in [-0.3, -0.25) is 4.79 Å². The minimum atomic E-state index is -0.389. The van der Waals surface area contributed by atoms with Gasteiger partial charge in [-0.1, -0.05) is 12.1 Å². The first-order valence-electron chi connectivity index (χ1n) is 11.3. The molecular weight excluding hydrogens is 468 g/mol. The van der Waals surface area contributed by atoms with Gasteiger partial charge in [0.05, 0.1) is 17.6 Å². The molecule has 0 bridgehead atoms. The number of rotatable bonds is 6. The number of likely N-dealkylation sites (tertiary alicyclic amines) is 1. The lowest BCUT2D eigenvalue weighted by atomic mass is 9.90. The molecule has 3 heterocycles. The SMILES string of the molecule is Cc1cc(C2(c3cnc4c(NCC5CCN(C)CC5)cc(Br)nn34)CC2)ccc1C(N)=O. The fourth-order valence-corrected chi connectivity index (χ4v) is 5.36. The number of imidazole rings is 1. The summed E-state index contributed by atoms with van der Waals surface area (Å²) in [7, 11) is 2.19. The minimum Gasteiger partial charge on any atom is -0.382 e. The number of nitrogens with two attached hydrogens (primary N) is 1. The van der Waals surface area contributed by atoms with Gasteiger partial charge in [-0.25, -0.2) is 9.50 Å². The van der Waals surface area contributed by atoms with Gasteiger partial charge in [0.25, 0.3) is 0 Å². The van der Waals surface area contributed by atoms with Gasteiger partial charge >= 0.3 is 0 Å². The van der Waals surface area contributed by atoms with E-state index in [1.807, 2.05) is 35.8 Å². The molecule has 2 aromatic heterocycles. The molecule has 7 nitrogen and oxygen atoms in total. The second kappa shape index (κ2) is 8.15. The molecule has 3 N–H and O–H groups in total. The summed E-state index contributed by atoms with van der Waals surface area (Å²) in [5.41, 5.74) is 11.0. The summed E-state index contributed by atoms with van der Waals surface area (Å²) in [5.74, 6) is 0.286. The molecule has 3 aromatic rings. The third-order valence-electron chi connectivity index (χ3n) is 7.14. The Kier molecular flexibility index (Phi) is 5.45. The lowest BCUT2D eigenvalue weighted by Crippen LogP contribution is -2.33. The fraction of sp³-hybridized carbons (Fsp3) is 0.458. The number of hydrogen-bond acceptors (Lipinski definition) is 5. The van der Waals surface area contributed by atoms with Crippen molar-refractivity contribution in [2.45, 2.75) is 38.0 Å². The van der Waals surface area contributed by atoms with E-state index in [1.165, 1.54) is 18.4 Å². The predicted molar refractivity (Wildman–Crippen MR) is 129 cm³/mol. The normalized spacial score (nSPS) is 18.7. The molecule has 5 rings (SSSR count). The summed E-state index contributed by atoms with van der Waals surface area (Å²) in [6.45, 7) is 5.20. The van der Waals surface area contributed by atoms with E-state index in [0.29, 0.717) is 11.5 Å². The molecule has 0 spiro atoms. The summed E-state index contributed by atoms with van der Waals surface area (Å²) >= 11 is 3.60. The maximum absolute atomic E-state index is 11.7. The average molecular weight is 497 g/mol. The van der Waals surface area contributed by atoms with Gasteiger partial charge in [0.2, 0.25) is 5.91 Å². The Morgan fingerprint density at radius 1 is 1.28 bits per heavy atom. The van der Waals surface area contributed by atoms with Crippen LogP contribution in [-0.4, -0.2) is 52.1 Å². The molecule has 0 atom stereocenters. The lowest BCUT2D eigenvalue weighted by molar-refractivity contribution is 0.0999. The van der Waals surface area contributed by atoms with Gasteiger partial charge in [-0.05, 0) is 97.9 Å². The Balaban J connectivity index is 1.46. The Labute approximate surface area is 196 Å². The zero-order chi connectivity index (χ0) is 22.5. The fourth-order valence-electron chi connectivity index (χ4n) is 4.97. The van der Waals surface area contributed by atoms with Gasteiger partial charge in [0.1, 0.15) is 4.60 Å². The molecule has 1 amide bonds. The second-order valence-corrected chi connectivity index (χ2v) is 10.2. The van der Waals surface area contributed by atoms with Gasteiger partial charge in [-0.15, -0.1) is 0 Å². The Morgan fingerprint density at radius 3 is 2.69 bits per heavy atom. The number of aryl methyl sites for hydroxylation is 1.